The van der Waals surface area contributed by atoms with Gasteiger partial charge in [-0.15, -0.1) is 0 Å². The van der Waals surface area contributed by atoms with Crippen LogP contribution in [0.5, 0.6) is 0 Å². The summed E-state index contributed by atoms with van der Waals surface area (Å²) in [5.41, 5.74) is 1.62. The van der Waals surface area contributed by atoms with Crippen molar-refractivity contribution in [2.45, 2.75) is 13.0 Å². The molecule has 0 fully saturated rings. The summed E-state index contributed by atoms with van der Waals surface area (Å²) in [6.07, 6.45) is 0. The smallest absolute Gasteiger partial charge is 0.238 e. The molecule has 0 aliphatic rings. The molecule has 2 aromatic rings. The van der Waals surface area contributed by atoms with Gasteiger partial charge in [-0.05, 0) is 37.7 Å². The summed E-state index contributed by atoms with van der Waals surface area (Å²) in [5, 5.41) is 2.70. The third-order valence-electron chi connectivity index (χ3n) is 3.44. The number of nitrogens with one attached hydrogen (secondary N) is 1. The lowest BCUT2D eigenvalue weighted by atomic mass is 10.1. The van der Waals surface area contributed by atoms with Crippen LogP contribution in [0.15, 0.2) is 54.6 Å². The number of carbonyl (C=O) groups excluding carboxylic acids is 1. The first kappa shape index (κ1) is 15.2. The zero-order valence-corrected chi connectivity index (χ0v) is 12.2. The minimum Gasteiger partial charge on any atom is -0.325 e. The van der Waals surface area contributed by atoms with Gasteiger partial charge in [-0.2, -0.15) is 0 Å². The summed E-state index contributed by atoms with van der Waals surface area (Å²) < 4.78 is 13.1. The van der Waals surface area contributed by atoms with Gasteiger partial charge in [0.05, 0.1) is 6.54 Å². The van der Waals surface area contributed by atoms with E-state index in [0.717, 1.165) is 5.56 Å². The first-order valence-corrected chi connectivity index (χ1v) is 6.87. The molecule has 0 saturated heterocycles. The van der Waals surface area contributed by atoms with E-state index < -0.39 is 0 Å². The molecule has 4 heteroatoms. The van der Waals surface area contributed by atoms with Crippen LogP contribution in [-0.2, 0) is 4.79 Å². The monoisotopic (exact) mass is 286 g/mol. The first-order chi connectivity index (χ1) is 10.1. The molecule has 1 amide bonds. The Kier molecular flexibility index (Phi) is 5.06. The van der Waals surface area contributed by atoms with E-state index in [4.69, 9.17) is 0 Å². The van der Waals surface area contributed by atoms with Gasteiger partial charge in [-0.25, -0.2) is 4.39 Å². The molecule has 3 nitrogen and oxygen atoms in total. The summed E-state index contributed by atoms with van der Waals surface area (Å²) in [5.74, 6) is -0.523. The summed E-state index contributed by atoms with van der Waals surface area (Å²) in [4.78, 5) is 13.9. The Morgan fingerprint density at radius 1 is 1.19 bits per heavy atom. The molecule has 21 heavy (non-hydrogen) atoms. The molecule has 0 aromatic heterocycles. The minimum absolute atomic E-state index is 0.129. The number of amides is 1. The second kappa shape index (κ2) is 6.99. The van der Waals surface area contributed by atoms with Gasteiger partial charge in [-0.1, -0.05) is 36.4 Å². The van der Waals surface area contributed by atoms with Gasteiger partial charge in [0.1, 0.15) is 5.82 Å². The van der Waals surface area contributed by atoms with Gasteiger partial charge in [0.25, 0.3) is 0 Å². The predicted molar refractivity (Wildman–Crippen MR) is 82.5 cm³/mol. The molecule has 0 unspecified atom stereocenters. The van der Waals surface area contributed by atoms with E-state index in [0.29, 0.717) is 5.69 Å². The highest BCUT2D eigenvalue weighted by Gasteiger charge is 2.14. The van der Waals surface area contributed by atoms with Crippen LogP contribution in [0.3, 0.4) is 0 Å². The summed E-state index contributed by atoms with van der Waals surface area (Å²) in [6.45, 7) is 2.29. The molecular weight excluding hydrogens is 267 g/mol. The normalized spacial score (nSPS) is 12.2. The topological polar surface area (TPSA) is 32.3 Å². The standard InChI is InChI=1S/C17H19FN2O/c1-13(14-7-4-3-5-8-14)20(2)12-17(21)19-16-10-6-9-15(18)11-16/h3-11,13H,12H2,1-2H3,(H,19,21)/t13-/m1/s1. The van der Waals surface area contributed by atoms with Crippen molar-refractivity contribution < 1.29 is 9.18 Å². The van der Waals surface area contributed by atoms with Crippen LogP contribution < -0.4 is 5.32 Å². The quantitative estimate of drug-likeness (QED) is 0.913. The van der Waals surface area contributed by atoms with E-state index >= 15 is 0 Å². The molecule has 0 radical (unpaired) electrons. The Morgan fingerprint density at radius 2 is 1.90 bits per heavy atom. The molecule has 2 aromatic carbocycles. The number of anilines is 1. The van der Waals surface area contributed by atoms with Gasteiger partial charge < -0.3 is 5.32 Å². The Hall–Kier alpha value is -2.20. The zero-order chi connectivity index (χ0) is 15.2. The largest absolute Gasteiger partial charge is 0.325 e. The number of hydrogen-bond donors (Lipinski definition) is 1. The zero-order valence-electron chi connectivity index (χ0n) is 12.2. The average molecular weight is 286 g/mol. The lowest BCUT2D eigenvalue weighted by molar-refractivity contribution is -0.117. The predicted octanol–water partition coefficient (Wildman–Crippen LogP) is 3.46. The Labute approximate surface area is 124 Å². The number of carbonyl (C=O) groups is 1. The van der Waals surface area contributed by atoms with Crippen molar-refractivity contribution in [3.05, 3.63) is 66.0 Å². The second-order valence-electron chi connectivity index (χ2n) is 5.06. The number of rotatable bonds is 5. The molecule has 0 spiro atoms. The molecule has 0 bridgehead atoms. The van der Waals surface area contributed by atoms with Crippen LogP contribution in [-0.4, -0.2) is 24.4 Å². The second-order valence-corrected chi connectivity index (χ2v) is 5.06. The van der Waals surface area contributed by atoms with E-state index in [9.17, 15) is 9.18 Å². The highest BCUT2D eigenvalue weighted by Crippen LogP contribution is 2.18. The van der Waals surface area contributed by atoms with Gasteiger partial charge >= 0.3 is 0 Å². The Bertz CT molecular complexity index is 601. The first-order valence-electron chi connectivity index (χ1n) is 6.87. The average Bonchev–Trinajstić information content (AvgIpc) is 2.47. The van der Waals surface area contributed by atoms with Crippen LogP contribution in [0.1, 0.15) is 18.5 Å². The molecule has 0 heterocycles. The van der Waals surface area contributed by atoms with Gasteiger partial charge in [0.15, 0.2) is 0 Å². The van der Waals surface area contributed by atoms with Crippen LogP contribution in [0.2, 0.25) is 0 Å². The molecule has 1 atom stereocenters. The van der Waals surface area contributed by atoms with Crippen molar-refractivity contribution in [3.8, 4) is 0 Å². The summed E-state index contributed by atoms with van der Waals surface area (Å²) >= 11 is 0. The third kappa shape index (κ3) is 4.39. The van der Waals surface area contributed by atoms with Crippen LogP contribution >= 0.6 is 0 Å². The number of hydrogen-bond acceptors (Lipinski definition) is 2. The maximum Gasteiger partial charge on any atom is 0.238 e. The van der Waals surface area contributed by atoms with Crippen LogP contribution in [0.25, 0.3) is 0 Å². The van der Waals surface area contributed by atoms with Crippen molar-refractivity contribution >= 4 is 11.6 Å². The fourth-order valence-corrected chi connectivity index (χ4v) is 2.12. The van der Waals surface area contributed by atoms with Crippen molar-refractivity contribution in [3.63, 3.8) is 0 Å². The minimum atomic E-state index is -0.362. The van der Waals surface area contributed by atoms with Crippen LogP contribution in [0.4, 0.5) is 10.1 Å². The van der Waals surface area contributed by atoms with Gasteiger partial charge in [0.2, 0.25) is 5.91 Å². The maximum atomic E-state index is 13.1. The molecule has 0 aliphatic heterocycles. The molecule has 0 aliphatic carbocycles. The fourth-order valence-electron chi connectivity index (χ4n) is 2.12. The lowest BCUT2D eigenvalue weighted by Gasteiger charge is -2.24. The summed E-state index contributed by atoms with van der Waals surface area (Å²) in [7, 11) is 1.89. The van der Waals surface area contributed by atoms with E-state index in [-0.39, 0.29) is 24.3 Å². The van der Waals surface area contributed by atoms with Crippen molar-refractivity contribution in [2.24, 2.45) is 0 Å². The summed E-state index contributed by atoms with van der Waals surface area (Å²) in [6, 6.07) is 16.0. The van der Waals surface area contributed by atoms with Gasteiger partial charge in [-0.3, -0.25) is 9.69 Å². The van der Waals surface area contributed by atoms with E-state index in [1.807, 2.05) is 49.2 Å². The van der Waals surface area contributed by atoms with Crippen LogP contribution in [0, 0.1) is 5.82 Å². The number of benzene rings is 2. The van der Waals surface area contributed by atoms with Crippen molar-refractivity contribution in [1.82, 2.24) is 4.90 Å². The molecule has 110 valence electrons. The fraction of sp³-hybridized carbons (Fsp3) is 0.235. The van der Waals surface area contributed by atoms with Crippen molar-refractivity contribution in [1.29, 1.82) is 0 Å². The number of nitrogens with zero attached hydrogens (tertiary/aromatic N) is 1. The lowest BCUT2D eigenvalue weighted by Crippen LogP contribution is -2.32. The van der Waals surface area contributed by atoms with E-state index in [1.165, 1.54) is 12.1 Å². The van der Waals surface area contributed by atoms with E-state index in [2.05, 4.69) is 5.32 Å². The van der Waals surface area contributed by atoms with E-state index in [1.54, 1.807) is 12.1 Å². The number of halogens is 1. The third-order valence-corrected chi connectivity index (χ3v) is 3.44. The molecule has 0 saturated carbocycles. The SMILES string of the molecule is C[C@H](c1ccccc1)N(C)CC(=O)Nc1cccc(F)c1. The highest BCUT2D eigenvalue weighted by atomic mass is 19.1. The molecule has 2 rings (SSSR count). The highest BCUT2D eigenvalue weighted by molar-refractivity contribution is 5.92. The van der Waals surface area contributed by atoms with Gasteiger partial charge in [0, 0.05) is 11.7 Å². The molecule has 1 N–H and O–H groups in total. The molecular formula is C17H19FN2O. The Balaban J connectivity index is 1.93. The van der Waals surface area contributed by atoms with Crippen molar-refractivity contribution in [2.75, 3.05) is 18.9 Å². The Morgan fingerprint density at radius 3 is 2.57 bits per heavy atom. The number of likely N-dealkylation sites (N-methyl/N-ethyl adjacent to an activating group) is 1. The maximum absolute atomic E-state index is 13.1.